The molecule has 4 aromatic rings. The summed E-state index contributed by atoms with van der Waals surface area (Å²) in [6.45, 7) is 0. The van der Waals surface area contributed by atoms with Crippen LogP contribution < -0.4 is 15.5 Å². The van der Waals surface area contributed by atoms with Crippen molar-refractivity contribution in [1.29, 1.82) is 0 Å². The Morgan fingerprint density at radius 1 is 0.706 bits per heavy atom. The molecule has 164 valence electrons. The summed E-state index contributed by atoms with van der Waals surface area (Å²) in [6.07, 6.45) is 0. The van der Waals surface area contributed by atoms with Crippen LogP contribution in [-0.4, -0.2) is 23.2 Å². The van der Waals surface area contributed by atoms with Crippen LogP contribution in [0.15, 0.2) is 114 Å². The molecule has 0 saturated carbocycles. The second-order valence-electron chi connectivity index (χ2n) is 8.17. The van der Waals surface area contributed by atoms with Crippen LogP contribution >= 0.6 is 0 Å². The van der Waals surface area contributed by atoms with E-state index in [1.165, 1.54) is 4.90 Å². The Kier molecular flexibility index (Phi) is 4.52. The van der Waals surface area contributed by atoms with Gasteiger partial charge >= 0.3 is 0 Å². The highest BCUT2D eigenvalue weighted by Gasteiger charge is 2.54. The van der Waals surface area contributed by atoms with Crippen molar-refractivity contribution in [1.82, 2.24) is 0 Å². The number of benzene rings is 4. The summed E-state index contributed by atoms with van der Waals surface area (Å²) in [7, 11) is 0. The fraction of sp³-hybridized carbons (Fsp3) is 0.0357. The normalized spacial score (nSPS) is 15.5. The third-order valence-electron chi connectivity index (χ3n) is 6.08. The number of carbonyl (C=O) groups is 2. The van der Waals surface area contributed by atoms with Crippen molar-refractivity contribution in [3.63, 3.8) is 0 Å². The van der Waals surface area contributed by atoms with Gasteiger partial charge in [-0.05, 0) is 36.4 Å². The Morgan fingerprint density at radius 2 is 1.26 bits per heavy atom. The smallest absolute Gasteiger partial charge is 0.287 e. The molecule has 34 heavy (non-hydrogen) atoms. The minimum atomic E-state index is -1.48. The molecule has 6 nitrogen and oxygen atoms in total. The number of rotatable bonds is 2. The van der Waals surface area contributed by atoms with E-state index in [1.807, 2.05) is 72.8 Å². The fourth-order valence-electron chi connectivity index (χ4n) is 4.48. The zero-order valence-corrected chi connectivity index (χ0v) is 18.1. The first-order valence-corrected chi connectivity index (χ1v) is 11.0. The van der Waals surface area contributed by atoms with Crippen molar-refractivity contribution < 1.29 is 9.59 Å². The van der Waals surface area contributed by atoms with Gasteiger partial charge in [0.05, 0.1) is 22.7 Å². The van der Waals surface area contributed by atoms with Gasteiger partial charge in [0.15, 0.2) is 0 Å². The number of hydrogen-bond acceptors (Lipinski definition) is 5. The molecule has 2 aliphatic rings. The van der Waals surface area contributed by atoms with Gasteiger partial charge in [-0.15, -0.1) is 0 Å². The Bertz CT molecular complexity index is 1420. The molecule has 6 rings (SSSR count). The van der Waals surface area contributed by atoms with Crippen molar-refractivity contribution >= 4 is 40.3 Å². The molecule has 0 aliphatic carbocycles. The van der Waals surface area contributed by atoms with Gasteiger partial charge in [0.1, 0.15) is 5.71 Å². The Balaban J connectivity index is 1.61. The summed E-state index contributed by atoms with van der Waals surface area (Å²) < 4.78 is 0. The maximum absolute atomic E-state index is 14.5. The van der Waals surface area contributed by atoms with Gasteiger partial charge in [-0.2, -0.15) is 0 Å². The van der Waals surface area contributed by atoms with Crippen LogP contribution in [-0.2, 0) is 4.79 Å². The molecule has 0 fully saturated rings. The third-order valence-corrected chi connectivity index (χ3v) is 6.08. The number of hydrogen-bond donors (Lipinski definition) is 2. The summed E-state index contributed by atoms with van der Waals surface area (Å²) in [5.41, 5.74) is 2.70. The number of aliphatic imine (C=N–C) groups is 1. The van der Waals surface area contributed by atoms with Gasteiger partial charge in [0.2, 0.25) is 5.66 Å². The number of anilines is 3. The predicted octanol–water partition coefficient (Wildman–Crippen LogP) is 5.23. The lowest BCUT2D eigenvalue weighted by molar-refractivity contribution is -0.119. The van der Waals surface area contributed by atoms with Gasteiger partial charge < -0.3 is 10.6 Å². The topological polar surface area (TPSA) is 73.8 Å². The molecule has 0 unspecified atom stereocenters. The zero-order chi connectivity index (χ0) is 23.1. The summed E-state index contributed by atoms with van der Waals surface area (Å²) in [4.78, 5) is 34.5. The number of nitrogens with zero attached hydrogens (tertiary/aromatic N) is 2. The van der Waals surface area contributed by atoms with Crippen molar-refractivity contribution in [3.8, 4) is 0 Å². The highest BCUT2D eigenvalue weighted by molar-refractivity contribution is 6.37. The SMILES string of the molecule is O=C(c1ccccc1)N1C(=O)C2(Nc3ccccc3N2)C(c2ccccc2)=Nc2ccccc21. The quantitative estimate of drug-likeness (QED) is 0.415. The van der Waals surface area contributed by atoms with E-state index in [4.69, 9.17) is 4.99 Å². The van der Waals surface area contributed by atoms with Crippen LogP contribution in [0.3, 0.4) is 0 Å². The van der Waals surface area contributed by atoms with Crippen molar-refractivity contribution in [2.75, 3.05) is 15.5 Å². The van der Waals surface area contributed by atoms with Crippen LogP contribution in [0.4, 0.5) is 22.7 Å². The van der Waals surface area contributed by atoms with Crippen molar-refractivity contribution in [2.24, 2.45) is 4.99 Å². The van der Waals surface area contributed by atoms with E-state index >= 15 is 0 Å². The predicted molar refractivity (Wildman–Crippen MR) is 134 cm³/mol. The molecule has 0 aromatic heterocycles. The van der Waals surface area contributed by atoms with E-state index in [1.54, 1.807) is 36.4 Å². The Morgan fingerprint density at radius 3 is 1.94 bits per heavy atom. The lowest BCUT2D eigenvalue weighted by Gasteiger charge is -2.33. The molecule has 0 bridgehead atoms. The van der Waals surface area contributed by atoms with Crippen molar-refractivity contribution in [2.45, 2.75) is 5.66 Å². The standard InChI is InChI=1S/C28H20N4O2/c33-26(20-13-5-2-6-14-20)32-24-18-10-9-17-23(24)29-25(19-11-3-1-4-12-19)28(27(32)34)30-21-15-7-8-16-22(21)31-28/h1-18,30-31H. The summed E-state index contributed by atoms with van der Waals surface area (Å²) >= 11 is 0. The highest BCUT2D eigenvalue weighted by Crippen LogP contribution is 2.42. The van der Waals surface area contributed by atoms with Crippen LogP contribution in [0.5, 0.6) is 0 Å². The second kappa shape index (κ2) is 7.71. The maximum atomic E-state index is 14.5. The van der Waals surface area contributed by atoms with Crippen molar-refractivity contribution in [3.05, 3.63) is 120 Å². The number of para-hydroxylation sites is 4. The number of fused-ring (bicyclic) bond motifs is 2. The average molecular weight is 444 g/mol. The van der Waals surface area contributed by atoms with Crippen LogP contribution in [0, 0.1) is 0 Å². The summed E-state index contributed by atoms with van der Waals surface area (Å²) in [6, 6.07) is 33.2. The van der Waals surface area contributed by atoms with E-state index in [-0.39, 0.29) is 0 Å². The van der Waals surface area contributed by atoms with Gasteiger partial charge in [-0.25, -0.2) is 9.89 Å². The largest absolute Gasteiger partial charge is 0.348 e. The van der Waals surface area contributed by atoms with Crippen LogP contribution in [0.25, 0.3) is 0 Å². The molecule has 0 atom stereocenters. The molecule has 4 aromatic carbocycles. The lowest BCUT2D eigenvalue weighted by Crippen LogP contribution is -2.62. The number of imide groups is 1. The second-order valence-corrected chi connectivity index (χ2v) is 8.17. The lowest BCUT2D eigenvalue weighted by atomic mass is 9.95. The zero-order valence-electron chi connectivity index (χ0n) is 18.1. The van der Waals surface area contributed by atoms with Crippen LogP contribution in [0.2, 0.25) is 0 Å². The molecule has 1 spiro atoms. The maximum Gasteiger partial charge on any atom is 0.287 e. The number of carbonyl (C=O) groups excluding carboxylic acids is 2. The number of nitrogens with one attached hydrogen (secondary N) is 2. The molecule has 0 radical (unpaired) electrons. The number of amides is 2. The van der Waals surface area contributed by atoms with Gasteiger partial charge in [-0.3, -0.25) is 9.59 Å². The molecular formula is C28H20N4O2. The molecular weight excluding hydrogens is 424 g/mol. The first-order valence-electron chi connectivity index (χ1n) is 11.0. The highest BCUT2D eigenvalue weighted by atomic mass is 16.2. The van der Waals surface area contributed by atoms with E-state index < -0.39 is 17.5 Å². The van der Waals surface area contributed by atoms with E-state index in [0.717, 1.165) is 16.9 Å². The van der Waals surface area contributed by atoms with Crippen LogP contribution in [0.1, 0.15) is 15.9 Å². The fourth-order valence-corrected chi connectivity index (χ4v) is 4.48. The van der Waals surface area contributed by atoms with E-state index in [0.29, 0.717) is 22.6 Å². The van der Waals surface area contributed by atoms with E-state index in [9.17, 15) is 9.59 Å². The third kappa shape index (κ3) is 3.00. The Hall–Kier alpha value is -4.71. The first-order chi connectivity index (χ1) is 16.7. The minimum Gasteiger partial charge on any atom is -0.348 e. The molecule has 2 N–H and O–H groups in total. The molecule has 0 saturated heterocycles. The van der Waals surface area contributed by atoms with Gasteiger partial charge in [0.25, 0.3) is 11.8 Å². The van der Waals surface area contributed by atoms with Gasteiger partial charge in [-0.1, -0.05) is 72.8 Å². The summed E-state index contributed by atoms with van der Waals surface area (Å²) in [5.74, 6) is -0.869. The minimum absolute atomic E-state index is 0.415. The average Bonchev–Trinajstić information content (AvgIpc) is 3.25. The van der Waals surface area contributed by atoms with Gasteiger partial charge in [0, 0.05) is 11.1 Å². The monoisotopic (exact) mass is 444 g/mol. The molecule has 2 amide bonds. The molecule has 2 heterocycles. The Labute approximate surface area is 196 Å². The molecule has 2 aliphatic heterocycles. The molecule has 6 heteroatoms. The van der Waals surface area contributed by atoms with E-state index in [2.05, 4.69) is 10.6 Å². The first kappa shape index (κ1) is 19.9. The summed E-state index contributed by atoms with van der Waals surface area (Å²) in [5, 5.41) is 6.75.